The molecular formula is C16H29N3O. The fraction of sp³-hybridized carbons (Fsp3) is 0.750. The van der Waals surface area contributed by atoms with Crippen LogP contribution >= 0.6 is 0 Å². The maximum atomic E-state index is 5.59. The van der Waals surface area contributed by atoms with Gasteiger partial charge in [-0.2, -0.15) is 0 Å². The van der Waals surface area contributed by atoms with Gasteiger partial charge in [-0.1, -0.05) is 26.2 Å². The normalized spacial score (nSPS) is 11.7. The topological polar surface area (TPSA) is 47.0 Å². The van der Waals surface area contributed by atoms with E-state index in [1.165, 1.54) is 19.3 Å². The molecular weight excluding hydrogens is 250 g/mol. The van der Waals surface area contributed by atoms with Crippen LogP contribution in [0.25, 0.3) is 0 Å². The van der Waals surface area contributed by atoms with Gasteiger partial charge >= 0.3 is 6.01 Å². The van der Waals surface area contributed by atoms with Crippen LogP contribution < -0.4 is 10.1 Å². The molecule has 0 spiro atoms. The number of hydrogen-bond donors (Lipinski definition) is 1. The summed E-state index contributed by atoms with van der Waals surface area (Å²) in [6.45, 7) is 12.2. The maximum absolute atomic E-state index is 5.59. The lowest BCUT2D eigenvalue weighted by molar-refractivity contribution is 0.280. The fourth-order valence-electron chi connectivity index (χ4n) is 1.77. The molecule has 0 aliphatic rings. The average Bonchev–Trinajstić information content (AvgIpc) is 2.36. The minimum atomic E-state index is 0.0981. The van der Waals surface area contributed by atoms with Crippen molar-refractivity contribution >= 4 is 0 Å². The second kappa shape index (κ2) is 8.20. The minimum absolute atomic E-state index is 0.0981. The Hall–Kier alpha value is -1.16. The third kappa shape index (κ3) is 6.85. The van der Waals surface area contributed by atoms with E-state index >= 15 is 0 Å². The highest BCUT2D eigenvalue weighted by molar-refractivity contribution is 5.17. The predicted molar refractivity (Wildman–Crippen MR) is 83.0 cm³/mol. The van der Waals surface area contributed by atoms with Crippen molar-refractivity contribution in [3.8, 4) is 6.01 Å². The van der Waals surface area contributed by atoms with Crippen LogP contribution in [0.3, 0.4) is 0 Å². The quantitative estimate of drug-likeness (QED) is 0.738. The largest absolute Gasteiger partial charge is 0.463 e. The molecule has 1 aromatic rings. The van der Waals surface area contributed by atoms with Crippen molar-refractivity contribution < 1.29 is 4.74 Å². The van der Waals surface area contributed by atoms with Gasteiger partial charge in [0.15, 0.2) is 0 Å². The van der Waals surface area contributed by atoms with Crippen LogP contribution in [0.1, 0.15) is 64.6 Å². The summed E-state index contributed by atoms with van der Waals surface area (Å²) in [5.74, 6) is 0. The van der Waals surface area contributed by atoms with Crippen molar-refractivity contribution in [2.24, 2.45) is 0 Å². The zero-order chi connectivity index (χ0) is 15.0. The lowest BCUT2D eigenvalue weighted by Crippen LogP contribution is -2.35. The van der Waals surface area contributed by atoms with Gasteiger partial charge in [-0.05, 0) is 34.1 Å². The molecule has 0 bridgehead atoms. The summed E-state index contributed by atoms with van der Waals surface area (Å²) in [5.41, 5.74) is 2.21. The molecule has 0 saturated carbocycles. The Morgan fingerprint density at radius 2 is 1.95 bits per heavy atom. The van der Waals surface area contributed by atoms with E-state index in [4.69, 9.17) is 4.74 Å². The second-order valence-corrected chi connectivity index (χ2v) is 6.28. The van der Waals surface area contributed by atoms with Gasteiger partial charge in [-0.15, -0.1) is 0 Å². The first-order valence-electron chi connectivity index (χ1n) is 7.62. The molecule has 0 fully saturated rings. The summed E-state index contributed by atoms with van der Waals surface area (Å²) in [6, 6.07) is 0.499. The number of hydrogen-bond acceptors (Lipinski definition) is 4. The van der Waals surface area contributed by atoms with E-state index in [0.29, 0.717) is 12.6 Å². The molecule has 0 atom stereocenters. The smallest absolute Gasteiger partial charge is 0.316 e. The average molecular weight is 279 g/mol. The van der Waals surface area contributed by atoms with E-state index in [-0.39, 0.29) is 5.54 Å². The van der Waals surface area contributed by atoms with Crippen molar-refractivity contribution in [3.63, 3.8) is 0 Å². The van der Waals surface area contributed by atoms with Crippen molar-refractivity contribution in [1.29, 1.82) is 0 Å². The van der Waals surface area contributed by atoms with Crippen LogP contribution in [0.15, 0.2) is 6.20 Å². The van der Waals surface area contributed by atoms with Crippen LogP contribution in [0, 0.1) is 6.92 Å². The summed E-state index contributed by atoms with van der Waals surface area (Å²) in [4.78, 5) is 8.70. The molecule has 114 valence electrons. The molecule has 0 amide bonds. The standard InChI is InChI=1S/C16H29N3O/c1-6-7-8-9-10-20-15-17-11-14(13(2)19-15)12-18-16(3,4)5/h11,18H,6-10,12H2,1-5H3. The molecule has 0 radical (unpaired) electrons. The Kier molecular flexibility index (Phi) is 6.93. The van der Waals surface area contributed by atoms with Gasteiger partial charge in [-0.3, -0.25) is 0 Å². The summed E-state index contributed by atoms with van der Waals surface area (Å²) < 4.78 is 5.59. The minimum Gasteiger partial charge on any atom is -0.463 e. The Bertz CT molecular complexity index is 399. The van der Waals surface area contributed by atoms with E-state index < -0.39 is 0 Å². The van der Waals surface area contributed by atoms with E-state index in [9.17, 15) is 0 Å². The highest BCUT2D eigenvalue weighted by atomic mass is 16.5. The van der Waals surface area contributed by atoms with Crippen LogP contribution in [0.2, 0.25) is 0 Å². The van der Waals surface area contributed by atoms with Crippen LogP contribution in [0.5, 0.6) is 6.01 Å². The Morgan fingerprint density at radius 1 is 1.20 bits per heavy atom. The first-order valence-corrected chi connectivity index (χ1v) is 7.62. The molecule has 0 unspecified atom stereocenters. The van der Waals surface area contributed by atoms with E-state index in [1.807, 2.05) is 13.1 Å². The maximum Gasteiger partial charge on any atom is 0.316 e. The number of nitrogens with one attached hydrogen (secondary N) is 1. The molecule has 4 nitrogen and oxygen atoms in total. The lowest BCUT2D eigenvalue weighted by atomic mass is 10.1. The highest BCUT2D eigenvalue weighted by Crippen LogP contribution is 2.11. The monoisotopic (exact) mass is 279 g/mol. The Morgan fingerprint density at radius 3 is 2.55 bits per heavy atom. The zero-order valence-electron chi connectivity index (χ0n) is 13.6. The second-order valence-electron chi connectivity index (χ2n) is 6.28. The van der Waals surface area contributed by atoms with Gasteiger partial charge in [0.25, 0.3) is 0 Å². The predicted octanol–water partition coefficient (Wildman–Crippen LogP) is 3.63. The number of nitrogens with zero attached hydrogens (tertiary/aromatic N) is 2. The fourth-order valence-corrected chi connectivity index (χ4v) is 1.77. The van der Waals surface area contributed by atoms with Crippen molar-refractivity contribution in [2.75, 3.05) is 6.61 Å². The molecule has 1 heterocycles. The van der Waals surface area contributed by atoms with Gasteiger partial charge in [0.05, 0.1) is 6.61 Å². The number of unbranched alkanes of at least 4 members (excludes halogenated alkanes) is 3. The number of aromatic nitrogens is 2. The lowest BCUT2D eigenvalue weighted by Gasteiger charge is -2.20. The molecule has 20 heavy (non-hydrogen) atoms. The Balaban J connectivity index is 2.42. The molecule has 4 heteroatoms. The molecule has 1 N–H and O–H groups in total. The zero-order valence-corrected chi connectivity index (χ0v) is 13.6. The SMILES string of the molecule is CCCCCCOc1ncc(CNC(C)(C)C)c(C)n1. The number of rotatable bonds is 8. The van der Waals surface area contributed by atoms with Gasteiger partial charge < -0.3 is 10.1 Å². The summed E-state index contributed by atoms with van der Waals surface area (Å²) >= 11 is 0. The summed E-state index contributed by atoms with van der Waals surface area (Å²) in [6.07, 6.45) is 6.65. The molecule has 0 aliphatic heterocycles. The third-order valence-corrected chi connectivity index (χ3v) is 3.10. The highest BCUT2D eigenvalue weighted by Gasteiger charge is 2.10. The summed E-state index contributed by atoms with van der Waals surface area (Å²) in [7, 11) is 0. The number of ether oxygens (including phenoxy) is 1. The molecule has 0 aliphatic carbocycles. The van der Waals surface area contributed by atoms with E-state index in [1.54, 1.807) is 0 Å². The third-order valence-electron chi connectivity index (χ3n) is 3.10. The molecule has 1 aromatic heterocycles. The van der Waals surface area contributed by atoms with Gasteiger partial charge in [0.1, 0.15) is 0 Å². The molecule has 0 aromatic carbocycles. The number of aryl methyl sites for hydroxylation is 1. The molecule has 1 rings (SSSR count). The van der Waals surface area contributed by atoms with Crippen LogP contribution in [0.4, 0.5) is 0 Å². The van der Waals surface area contributed by atoms with Crippen molar-refractivity contribution in [2.45, 2.75) is 72.4 Å². The van der Waals surface area contributed by atoms with Crippen LogP contribution in [-0.2, 0) is 6.54 Å². The van der Waals surface area contributed by atoms with Crippen molar-refractivity contribution in [3.05, 3.63) is 17.5 Å². The van der Waals surface area contributed by atoms with E-state index in [0.717, 1.165) is 24.2 Å². The van der Waals surface area contributed by atoms with Crippen LogP contribution in [-0.4, -0.2) is 22.1 Å². The first kappa shape index (κ1) is 16.9. The van der Waals surface area contributed by atoms with E-state index in [2.05, 4.69) is 43.0 Å². The summed E-state index contributed by atoms with van der Waals surface area (Å²) in [5, 5.41) is 3.44. The van der Waals surface area contributed by atoms with Crippen molar-refractivity contribution in [1.82, 2.24) is 15.3 Å². The Labute approximate surface area is 123 Å². The molecule has 0 saturated heterocycles. The van der Waals surface area contributed by atoms with Gasteiger partial charge in [0, 0.05) is 29.5 Å². The first-order chi connectivity index (χ1) is 9.42. The van der Waals surface area contributed by atoms with Gasteiger partial charge in [-0.25, -0.2) is 9.97 Å². The van der Waals surface area contributed by atoms with Gasteiger partial charge in [0.2, 0.25) is 0 Å².